The third kappa shape index (κ3) is 3.49. The summed E-state index contributed by atoms with van der Waals surface area (Å²) in [4.78, 5) is 0. The van der Waals surface area contributed by atoms with Gasteiger partial charge in [-0.3, -0.25) is 0 Å². The van der Waals surface area contributed by atoms with Gasteiger partial charge in [0.25, 0.3) is 0 Å². The molecule has 1 aromatic carbocycles. The minimum Gasteiger partial charge on any atom is -0.388 e. The van der Waals surface area contributed by atoms with Gasteiger partial charge < -0.3 is 9.84 Å². The molecule has 1 atom stereocenters. The van der Waals surface area contributed by atoms with Gasteiger partial charge in [0.2, 0.25) is 0 Å². The third-order valence-corrected chi connectivity index (χ3v) is 2.90. The molecule has 0 saturated carbocycles. The van der Waals surface area contributed by atoms with Crippen molar-refractivity contribution in [2.75, 3.05) is 13.7 Å². The van der Waals surface area contributed by atoms with Crippen LogP contribution in [-0.4, -0.2) is 18.8 Å². The maximum Gasteiger partial charge on any atom is 0.0794 e. The topological polar surface area (TPSA) is 29.5 Å². The summed E-state index contributed by atoms with van der Waals surface area (Å²) in [7, 11) is 1.66. The Morgan fingerprint density at radius 1 is 1.47 bits per heavy atom. The second kappa shape index (κ2) is 6.11. The van der Waals surface area contributed by atoms with E-state index in [2.05, 4.69) is 0 Å². The smallest absolute Gasteiger partial charge is 0.0794 e. The largest absolute Gasteiger partial charge is 0.388 e. The molecule has 0 aliphatic heterocycles. The first-order valence-corrected chi connectivity index (χ1v) is 5.46. The molecule has 1 unspecified atom stereocenters. The maximum absolute atomic E-state index is 9.94. The molecule has 0 aliphatic carbocycles. The van der Waals surface area contributed by atoms with Gasteiger partial charge in [-0.2, -0.15) is 0 Å². The van der Waals surface area contributed by atoms with Crippen LogP contribution in [0, 0.1) is 6.92 Å². The third-order valence-electron chi connectivity index (χ3n) is 2.49. The van der Waals surface area contributed by atoms with Crippen LogP contribution < -0.4 is 0 Å². The highest BCUT2D eigenvalue weighted by Gasteiger charge is 2.11. The molecule has 0 heterocycles. The van der Waals surface area contributed by atoms with Crippen molar-refractivity contribution < 1.29 is 9.84 Å². The van der Waals surface area contributed by atoms with Crippen molar-refractivity contribution in [2.24, 2.45) is 0 Å². The monoisotopic (exact) mass is 228 g/mol. The first kappa shape index (κ1) is 12.5. The fraction of sp³-hybridized carbons (Fsp3) is 0.500. The summed E-state index contributed by atoms with van der Waals surface area (Å²) in [5, 5.41) is 10.6. The van der Waals surface area contributed by atoms with Crippen molar-refractivity contribution in [3.05, 3.63) is 34.3 Å². The lowest BCUT2D eigenvalue weighted by molar-refractivity contribution is 0.136. The van der Waals surface area contributed by atoms with Gasteiger partial charge in [0.15, 0.2) is 0 Å². The van der Waals surface area contributed by atoms with Crippen LogP contribution >= 0.6 is 11.6 Å². The zero-order chi connectivity index (χ0) is 11.3. The highest BCUT2D eigenvalue weighted by molar-refractivity contribution is 6.31. The summed E-state index contributed by atoms with van der Waals surface area (Å²) in [6.45, 7) is 2.61. The summed E-state index contributed by atoms with van der Waals surface area (Å²) in [6, 6.07) is 5.62. The lowest BCUT2D eigenvalue weighted by atomic mass is 10.0. The van der Waals surface area contributed by atoms with Gasteiger partial charge in [-0.15, -0.1) is 0 Å². The van der Waals surface area contributed by atoms with Gasteiger partial charge in [0, 0.05) is 18.7 Å². The van der Waals surface area contributed by atoms with Gasteiger partial charge in [0.05, 0.1) is 6.10 Å². The number of hydrogen-bond donors (Lipinski definition) is 1. The van der Waals surface area contributed by atoms with E-state index in [1.807, 2.05) is 25.1 Å². The lowest BCUT2D eigenvalue weighted by Crippen LogP contribution is -2.02. The van der Waals surface area contributed by atoms with Crippen LogP contribution in [0.25, 0.3) is 0 Å². The molecule has 1 rings (SSSR count). The Kier molecular flexibility index (Phi) is 5.09. The van der Waals surface area contributed by atoms with Crippen LogP contribution in [0.5, 0.6) is 0 Å². The molecule has 2 nitrogen and oxygen atoms in total. The number of methoxy groups -OCH3 is 1. The SMILES string of the molecule is COCCCC(O)c1cccc(Cl)c1C. The second-order valence-corrected chi connectivity index (χ2v) is 4.01. The minimum absolute atomic E-state index is 0.446. The zero-order valence-electron chi connectivity index (χ0n) is 9.16. The number of benzene rings is 1. The molecule has 0 aromatic heterocycles. The molecule has 0 radical (unpaired) electrons. The van der Waals surface area contributed by atoms with Crippen LogP contribution in [0.3, 0.4) is 0 Å². The molecular formula is C12H17ClO2. The van der Waals surface area contributed by atoms with Gasteiger partial charge in [-0.05, 0) is 37.0 Å². The summed E-state index contributed by atoms with van der Waals surface area (Å²) < 4.78 is 4.94. The van der Waals surface area contributed by atoms with Crippen LogP contribution in [0.4, 0.5) is 0 Å². The summed E-state index contributed by atoms with van der Waals surface area (Å²) in [6.07, 6.45) is 1.11. The minimum atomic E-state index is -0.446. The van der Waals surface area contributed by atoms with Crippen molar-refractivity contribution in [1.29, 1.82) is 0 Å². The zero-order valence-corrected chi connectivity index (χ0v) is 9.92. The number of halogens is 1. The maximum atomic E-state index is 9.94. The molecule has 3 heteroatoms. The Balaban J connectivity index is 2.65. The van der Waals surface area contributed by atoms with E-state index >= 15 is 0 Å². The van der Waals surface area contributed by atoms with Crippen LogP contribution in [0.2, 0.25) is 5.02 Å². The number of aliphatic hydroxyl groups excluding tert-OH is 1. The van der Waals surface area contributed by atoms with Gasteiger partial charge in [0.1, 0.15) is 0 Å². The van der Waals surface area contributed by atoms with Crippen molar-refractivity contribution in [3.63, 3.8) is 0 Å². The number of hydrogen-bond acceptors (Lipinski definition) is 2. The first-order valence-electron chi connectivity index (χ1n) is 5.09. The average Bonchev–Trinajstić information content (AvgIpc) is 2.22. The standard InChI is InChI=1S/C12H17ClO2/c1-9-10(5-3-6-11(9)13)12(14)7-4-8-15-2/h3,5-6,12,14H,4,7-8H2,1-2H3. The number of ether oxygens (including phenoxy) is 1. The van der Waals surface area contributed by atoms with E-state index in [4.69, 9.17) is 16.3 Å². The highest BCUT2D eigenvalue weighted by Crippen LogP contribution is 2.26. The summed E-state index contributed by atoms with van der Waals surface area (Å²) >= 11 is 5.98. The molecule has 84 valence electrons. The van der Waals surface area contributed by atoms with E-state index < -0.39 is 6.10 Å². The first-order chi connectivity index (χ1) is 7.16. The molecule has 0 spiro atoms. The van der Waals surface area contributed by atoms with E-state index in [0.29, 0.717) is 18.1 Å². The molecule has 0 aliphatic rings. The van der Waals surface area contributed by atoms with E-state index in [0.717, 1.165) is 17.5 Å². The van der Waals surface area contributed by atoms with Crippen LogP contribution in [-0.2, 0) is 4.74 Å². The van der Waals surface area contributed by atoms with E-state index in [1.54, 1.807) is 7.11 Å². The molecule has 1 aromatic rings. The molecule has 0 saturated heterocycles. The normalized spacial score (nSPS) is 12.8. The van der Waals surface area contributed by atoms with Gasteiger partial charge >= 0.3 is 0 Å². The highest BCUT2D eigenvalue weighted by atomic mass is 35.5. The second-order valence-electron chi connectivity index (χ2n) is 3.60. The van der Waals surface area contributed by atoms with Crippen molar-refractivity contribution >= 4 is 11.6 Å². The predicted molar refractivity (Wildman–Crippen MR) is 62.3 cm³/mol. The number of aliphatic hydroxyl groups is 1. The van der Waals surface area contributed by atoms with Crippen LogP contribution in [0.15, 0.2) is 18.2 Å². The van der Waals surface area contributed by atoms with Crippen molar-refractivity contribution in [1.82, 2.24) is 0 Å². The molecule has 15 heavy (non-hydrogen) atoms. The number of rotatable bonds is 5. The predicted octanol–water partition coefficient (Wildman–Crippen LogP) is 3.11. The molecule has 0 amide bonds. The molecule has 0 bridgehead atoms. The van der Waals surface area contributed by atoms with Crippen LogP contribution in [0.1, 0.15) is 30.1 Å². The summed E-state index contributed by atoms with van der Waals surface area (Å²) in [5.41, 5.74) is 1.88. The molecule has 0 fully saturated rings. The van der Waals surface area contributed by atoms with E-state index in [-0.39, 0.29) is 0 Å². The fourth-order valence-electron chi connectivity index (χ4n) is 1.56. The summed E-state index contributed by atoms with van der Waals surface area (Å²) in [5.74, 6) is 0. The van der Waals surface area contributed by atoms with E-state index in [9.17, 15) is 5.11 Å². The molecule has 1 N–H and O–H groups in total. The Hall–Kier alpha value is -0.570. The van der Waals surface area contributed by atoms with Crippen molar-refractivity contribution in [2.45, 2.75) is 25.9 Å². The Morgan fingerprint density at radius 2 is 2.20 bits per heavy atom. The Labute approximate surface area is 95.8 Å². The molecular weight excluding hydrogens is 212 g/mol. The Bertz CT molecular complexity index is 312. The lowest BCUT2D eigenvalue weighted by Gasteiger charge is -2.14. The average molecular weight is 229 g/mol. The van der Waals surface area contributed by atoms with E-state index in [1.165, 1.54) is 0 Å². The van der Waals surface area contributed by atoms with Gasteiger partial charge in [-0.1, -0.05) is 23.7 Å². The fourth-order valence-corrected chi connectivity index (χ4v) is 1.74. The quantitative estimate of drug-likeness (QED) is 0.785. The van der Waals surface area contributed by atoms with Crippen molar-refractivity contribution in [3.8, 4) is 0 Å². The Morgan fingerprint density at radius 3 is 2.87 bits per heavy atom. The van der Waals surface area contributed by atoms with Gasteiger partial charge in [-0.25, -0.2) is 0 Å².